The Morgan fingerprint density at radius 2 is 2.06 bits per heavy atom. The van der Waals surface area contributed by atoms with Crippen molar-refractivity contribution in [1.82, 2.24) is 15.5 Å². The molecule has 1 saturated heterocycles. The standard InChI is InChI=1S/C12H25N3O/c1-10-4-6-15(7-5-10)11(2)8-14-12(16)9-13-3/h10-11,13H,4-9H2,1-3H3,(H,14,16). The molecule has 0 aromatic rings. The molecule has 1 fully saturated rings. The van der Waals surface area contributed by atoms with E-state index in [-0.39, 0.29) is 5.91 Å². The van der Waals surface area contributed by atoms with Crippen LogP contribution in [0, 0.1) is 5.92 Å². The fourth-order valence-corrected chi connectivity index (χ4v) is 2.08. The van der Waals surface area contributed by atoms with Crippen molar-refractivity contribution >= 4 is 5.91 Å². The van der Waals surface area contributed by atoms with Crippen LogP contribution in [0.25, 0.3) is 0 Å². The summed E-state index contributed by atoms with van der Waals surface area (Å²) in [5.74, 6) is 0.946. The van der Waals surface area contributed by atoms with Gasteiger partial charge in [0.15, 0.2) is 0 Å². The molecular formula is C12H25N3O. The van der Waals surface area contributed by atoms with Gasteiger partial charge in [0.1, 0.15) is 0 Å². The predicted octanol–water partition coefficient (Wildman–Crippen LogP) is 0.442. The lowest BCUT2D eigenvalue weighted by atomic mass is 9.98. The van der Waals surface area contributed by atoms with Gasteiger partial charge in [-0.15, -0.1) is 0 Å². The van der Waals surface area contributed by atoms with E-state index in [9.17, 15) is 4.79 Å². The van der Waals surface area contributed by atoms with Crippen molar-refractivity contribution in [2.75, 3.05) is 33.2 Å². The second kappa shape index (κ2) is 6.86. The first-order chi connectivity index (χ1) is 7.63. The first kappa shape index (κ1) is 13.5. The number of likely N-dealkylation sites (N-methyl/N-ethyl adjacent to an activating group) is 1. The molecule has 0 radical (unpaired) electrons. The van der Waals surface area contributed by atoms with Gasteiger partial charge in [0.25, 0.3) is 0 Å². The van der Waals surface area contributed by atoms with Crippen LogP contribution < -0.4 is 10.6 Å². The average Bonchev–Trinajstić information content (AvgIpc) is 2.27. The fourth-order valence-electron chi connectivity index (χ4n) is 2.08. The highest BCUT2D eigenvalue weighted by Gasteiger charge is 2.20. The van der Waals surface area contributed by atoms with E-state index in [0.29, 0.717) is 12.6 Å². The van der Waals surface area contributed by atoms with Gasteiger partial charge in [0, 0.05) is 12.6 Å². The molecule has 0 spiro atoms. The van der Waals surface area contributed by atoms with E-state index in [4.69, 9.17) is 0 Å². The maximum atomic E-state index is 11.3. The summed E-state index contributed by atoms with van der Waals surface area (Å²) >= 11 is 0. The van der Waals surface area contributed by atoms with E-state index in [2.05, 4.69) is 29.4 Å². The predicted molar refractivity (Wildman–Crippen MR) is 66.4 cm³/mol. The minimum absolute atomic E-state index is 0.0831. The van der Waals surface area contributed by atoms with Gasteiger partial charge >= 0.3 is 0 Å². The van der Waals surface area contributed by atoms with E-state index >= 15 is 0 Å². The van der Waals surface area contributed by atoms with Gasteiger partial charge < -0.3 is 10.6 Å². The van der Waals surface area contributed by atoms with Crippen LogP contribution >= 0.6 is 0 Å². The molecule has 0 aromatic carbocycles. The Labute approximate surface area is 98.8 Å². The Bertz CT molecular complexity index is 212. The first-order valence-corrected chi connectivity index (χ1v) is 6.28. The second-order valence-electron chi connectivity index (χ2n) is 4.90. The van der Waals surface area contributed by atoms with E-state index in [1.165, 1.54) is 25.9 Å². The molecule has 1 amide bonds. The second-order valence-corrected chi connectivity index (χ2v) is 4.90. The van der Waals surface area contributed by atoms with E-state index in [0.717, 1.165) is 12.5 Å². The maximum absolute atomic E-state index is 11.3. The SMILES string of the molecule is CNCC(=O)NCC(C)N1CCC(C)CC1. The van der Waals surface area contributed by atoms with Crippen LogP contribution in [0.1, 0.15) is 26.7 Å². The lowest BCUT2D eigenvalue weighted by Gasteiger charge is -2.35. The summed E-state index contributed by atoms with van der Waals surface area (Å²) in [6.07, 6.45) is 2.57. The number of hydrogen-bond donors (Lipinski definition) is 2. The highest BCUT2D eigenvalue weighted by Crippen LogP contribution is 2.17. The zero-order valence-electron chi connectivity index (χ0n) is 10.8. The highest BCUT2D eigenvalue weighted by molar-refractivity contribution is 5.77. The van der Waals surface area contributed by atoms with E-state index in [1.54, 1.807) is 7.05 Å². The van der Waals surface area contributed by atoms with Gasteiger partial charge in [0.2, 0.25) is 5.91 Å². The largest absolute Gasteiger partial charge is 0.353 e. The van der Waals surface area contributed by atoms with Crippen LogP contribution in [-0.2, 0) is 4.79 Å². The summed E-state index contributed by atoms with van der Waals surface area (Å²) in [7, 11) is 1.79. The number of rotatable bonds is 5. The van der Waals surface area contributed by atoms with Crippen LogP contribution in [0.15, 0.2) is 0 Å². The molecule has 1 unspecified atom stereocenters. The molecule has 1 heterocycles. The van der Waals surface area contributed by atoms with Crippen LogP contribution in [0.5, 0.6) is 0 Å². The summed E-state index contributed by atoms with van der Waals surface area (Å²) in [5.41, 5.74) is 0. The Kier molecular flexibility index (Phi) is 5.77. The van der Waals surface area contributed by atoms with Crippen molar-refractivity contribution in [1.29, 1.82) is 0 Å². The fraction of sp³-hybridized carbons (Fsp3) is 0.917. The lowest BCUT2D eigenvalue weighted by molar-refractivity contribution is -0.120. The summed E-state index contributed by atoms with van der Waals surface area (Å²) in [4.78, 5) is 13.8. The number of hydrogen-bond acceptors (Lipinski definition) is 3. The molecule has 0 aromatic heterocycles. The van der Waals surface area contributed by atoms with Gasteiger partial charge in [0.05, 0.1) is 6.54 Å². The Balaban J connectivity index is 2.19. The van der Waals surface area contributed by atoms with Crippen molar-refractivity contribution in [3.8, 4) is 0 Å². The van der Waals surface area contributed by atoms with Crippen LogP contribution in [0.4, 0.5) is 0 Å². The summed E-state index contributed by atoms with van der Waals surface area (Å²) < 4.78 is 0. The first-order valence-electron chi connectivity index (χ1n) is 6.28. The highest BCUT2D eigenvalue weighted by atomic mass is 16.1. The van der Waals surface area contributed by atoms with Gasteiger partial charge in [-0.1, -0.05) is 6.92 Å². The Morgan fingerprint density at radius 1 is 1.44 bits per heavy atom. The van der Waals surface area contributed by atoms with Gasteiger partial charge in [-0.25, -0.2) is 0 Å². The average molecular weight is 227 g/mol. The van der Waals surface area contributed by atoms with Crippen molar-refractivity contribution in [3.05, 3.63) is 0 Å². The minimum Gasteiger partial charge on any atom is -0.353 e. The van der Waals surface area contributed by atoms with Crippen molar-refractivity contribution in [2.24, 2.45) is 5.92 Å². The normalized spacial score (nSPS) is 20.7. The third kappa shape index (κ3) is 4.49. The van der Waals surface area contributed by atoms with Gasteiger partial charge in [-0.05, 0) is 45.8 Å². The van der Waals surface area contributed by atoms with Crippen LogP contribution in [0.3, 0.4) is 0 Å². The molecule has 0 bridgehead atoms. The van der Waals surface area contributed by atoms with E-state index < -0.39 is 0 Å². The van der Waals surface area contributed by atoms with Crippen molar-refractivity contribution in [3.63, 3.8) is 0 Å². The number of amides is 1. The van der Waals surface area contributed by atoms with Crippen LogP contribution in [-0.4, -0.2) is 50.1 Å². The molecule has 4 nitrogen and oxygen atoms in total. The summed E-state index contributed by atoms with van der Waals surface area (Å²) in [6, 6.07) is 0.452. The molecule has 4 heteroatoms. The zero-order valence-corrected chi connectivity index (χ0v) is 10.8. The zero-order chi connectivity index (χ0) is 12.0. The molecule has 0 aliphatic carbocycles. The van der Waals surface area contributed by atoms with Crippen molar-refractivity contribution < 1.29 is 4.79 Å². The molecule has 1 aliphatic heterocycles. The summed E-state index contributed by atoms with van der Waals surface area (Å²) in [5, 5.41) is 5.80. The van der Waals surface area contributed by atoms with Gasteiger partial charge in [-0.2, -0.15) is 0 Å². The molecule has 1 aliphatic rings. The molecule has 94 valence electrons. The van der Waals surface area contributed by atoms with Crippen LogP contribution in [0.2, 0.25) is 0 Å². The molecule has 1 rings (SSSR count). The van der Waals surface area contributed by atoms with E-state index in [1.807, 2.05) is 0 Å². The minimum atomic E-state index is 0.0831. The molecule has 0 saturated carbocycles. The summed E-state index contributed by atoms with van der Waals surface area (Å²) in [6.45, 7) is 8.01. The number of piperidine rings is 1. The molecular weight excluding hydrogens is 202 g/mol. The van der Waals surface area contributed by atoms with Gasteiger partial charge in [-0.3, -0.25) is 9.69 Å². The number of carbonyl (C=O) groups excluding carboxylic acids is 1. The molecule has 16 heavy (non-hydrogen) atoms. The number of likely N-dealkylation sites (tertiary alicyclic amines) is 1. The number of carbonyl (C=O) groups is 1. The third-order valence-electron chi connectivity index (χ3n) is 3.37. The topological polar surface area (TPSA) is 44.4 Å². The molecule has 2 N–H and O–H groups in total. The quantitative estimate of drug-likeness (QED) is 0.716. The Morgan fingerprint density at radius 3 is 2.62 bits per heavy atom. The maximum Gasteiger partial charge on any atom is 0.234 e. The Hall–Kier alpha value is -0.610. The lowest BCUT2D eigenvalue weighted by Crippen LogP contribution is -2.46. The monoisotopic (exact) mass is 227 g/mol. The number of nitrogens with zero attached hydrogens (tertiary/aromatic N) is 1. The smallest absolute Gasteiger partial charge is 0.234 e. The molecule has 1 atom stereocenters. The number of nitrogens with one attached hydrogen (secondary N) is 2. The third-order valence-corrected chi connectivity index (χ3v) is 3.37. The van der Waals surface area contributed by atoms with Crippen molar-refractivity contribution in [2.45, 2.75) is 32.7 Å².